The molecular weight excluding hydrogens is 415 g/mol. The SMILES string of the molecule is CCNC(=NCC1CCCN1CCOC)N1CCC2(CCC2)C1.I. The minimum absolute atomic E-state index is 0. The van der Waals surface area contributed by atoms with E-state index in [0.29, 0.717) is 11.5 Å². The van der Waals surface area contributed by atoms with Gasteiger partial charge in [0.15, 0.2) is 5.96 Å². The predicted molar refractivity (Wildman–Crippen MR) is 110 cm³/mol. The number of guanidine groups is 1. The topological polar surface area (TPSA) is 40.1 Å². The Hall–Kier alpha value is -0.0800. The van der Waals surface area contributed by atoms with E-state index in [4.69, 9.17) is 9.73 Å². The average molecular weight is 450 g/mol. The summed E-state index contributed by atoms with van der Waals surface area (Å²) in [7, 11) is 1.79. The molecule has 3 fully saturated rings. The normalized spacial score (nSPS) is 26.5. The molecule has 6 heteroatoms. The molecule has 140 valence electrons. The first-order valence-electron chi connectivity index (χ1n) is 9.52. The van der Waals surface area contributed by atoms with E-state index >= 15 is 0 Å². The third-order valence-corrected chi connectivity index (χ3v) is 6.02. The maximum Gasteiger partial charge on any atom is 0.193 e. The van der Waals surface area contributed by atoms with Gasteiger partial charge in [-0.05, 0) is 51.0 Å². The summed E-state index contributed by atoms with van der Waals surface area (Å²) < 4.78 is 5.24. The van der Waals surface area contributed by atoms with Gasteiger partial charge >= 0.3 is 0 Å². The summed E-state index contributed by atoms with van der Waals surface area (Å²) in [5.41, 5.74) is 0.633. The Morgan fingerprint density at radius 3 is 2.71 bits per heavy atom. The predicted octanol–water partition coefficient (Wildman–Crippen LogP) is 2.56. The molecule has 1 atom stereocenters. The van der Waals surface area contributed by atoms with E-state index in [0.717, 1.165) is 32.2 Å². The summed E-state index contributed by atoms with van der Waals surface area (Å²) in [6, 6.07) is 0.596. The highest BCUT2D eigenvalue weighted by Crippen LogP contribution is 2.47. The largest absolute Gasteiger partial charge is 0.383 e. The van der Waals surface area contributed by atoms with Gasteiger partial charge in [0, 0.05) is 39.3 Å². The van der Waals surface area contributed by atoms with Crippen LogP contribution in [0.1, 0.15) is 45.4 Å². The number of halogens is 1. The number of likely N-dealkylation sites (tertiary alicyclic amines) is 2. The highest BCUT2D eigenvalue weighted by atomic mass is 127. The van der Waals surface area contributed by atoms with Gasteiger partial charge in [0.05, 0.1) is 13.2 Å². The standard InChI is InChI=1S/C18H34N4O.HI/c1-3-19-17(22-11-9-18(15-22)7-5-8-18)20-14-16-6-4-10-21(16)12-13-23-2;/h16H,3-15H2,1-2H3,(H,19,20);1H. The Kier molecular flexibility index (Phi) is 8.07. The van der Waals surface area contributed by atoms with Crippen molar-refractivity contribution in [3.8, 4) is 0 Å². The summed E-state index contributed by atoms with van der Waals surface area (Å²) in [4.78, 5) is 10.1. The smallest absolute Gasteiger partial charge is 0.193 e. The summed E-state index contributed by atoms with van der Waals surface area (Å²) in [5.74, 6) is 1.15. The van der Waals surface area contributed by atoms with Crippen LogP contribution in [0.15, 0.2) is 4.99 Å². The van der Waals surface area contributed by atoms with Crippen LogP contribution in [0.2, 0.25) is 0 Å². The fourth-order valence-corrected chi connectivity index (χ4v) is 4.42. The van der Waals surface area contributed by atoms with Crippen LogP contribution in [0.4, 0.5) is 0 Å². The van der Waals surface area contributed by atoms with Gasteiger partial charge in [0.1, 0.15) is 0 Å². The first-order valence-corrected chi connectivity index (χ1v) is 9.52. The highest BCUT2D eigenvalue weighted by Gasteiger charge is 2.43. The summed E-state index contributed by atoms with van der Waals surface area (Å²) in [6.07, 6.45) is 8.22. The molecule has 1 aliphatic carbocycles. The molecular formula is C18H35IN4O. The maximum absolute atomic E-state index is 5.24. The number of ether oxygens (including phenoxy) is 1. The van der Waals surface area contributed by atoms with Gasteiger partial charge in [-0.25, -0.2) is 0 Å². The van der Waals surface area contributed by atoms with E-state index in [-0.39, 0.29) is 24.0 Å². The Morgan fingerprint density at radius 2 is 2.08 bits per heavy atom. The second-order valence-corrected chi connectivity index (χ2v) is 7.54. The van der Waals surface area contributed by atoms with Gasteiger partial charge in [-0.3, -0.25) is 9.89 Å². The fourth-order valence-electron chi connectivity index (χ4n) is 4.42. The van der Waals surface area contributed by atoms with Gasteiger partial charge in [-0.15, -0.1) is 24.0 Å². The number of aliphatic imine (C=N–C) groups is 1. The van der Waals surface area contributed by atoms with Crippen LogP contribution in [0.5, 0.6) is 0 Å². The molecule has 2 aliphatic heterocycles. The number of nitrogens with zero attached hydrogens (tertiary/aromatic N) is 3. The molecule has 3 rings (SSSR count). The third kappa shape index (κ3) is 4.75. The lowest BCUT2D eigenvalue weighted by Crippen LogP contribution is -2.43. The molecule has 0 amide bonds. The lowest BCUT2D eigenvalue weighted by atomic mass is 9.68. The quantitative estimate of drug-likeness (QED) is 0.384. The molecule has 3 aliphatic rings. The van der Waals surface area contributed by atoms with E-state index in [1.54, 1.807) is 7.11 Å². The van der Waals surface area contributed by atoms with E-state index < -0.39 is 0 Å². The molecule has 0 radical (unpaired) electrons. The van der Waals surface area contributed by atoms with Gasteiger partial charge in [-0.1, -0.05) is 6.42 Å². The zero-order valence-electron chi connectivity index (χ0n) is 15.4. The second kappa shape index (κ2) is 9.57. The van der Waals surface area contributed by atoms with Crippen LogP contribution >= 0.6 is 24.0 Å². The van der Waals surface area contributed by atoms with E-state index in [9.17, 15) is 0 Å². The van der Waals surface area contributed by atoms with Crippen molar-refractivity contribution in [2.24, 2.45) is 10.4 Å². The number of rotatable bonds is 6. The van der Waals surface area contributed by atoms with Gasteiger partial charge in [0.25, 0.3) is 0 Å². The minimum atomic E-state index is 0. The molecule has 0 aromatic carbocycles. The summed E-state index contributed by atoms with van der Waals surface area (Å²) in [5, 5.41) is 3.53. The van der Waals surface area contributed by atoms with Crippen molar-refractivity contribution in [2.75, 3.05) is 53.0 Å². The van der Waals surface area contributed by atoms with Crippen molar-refractivity contribution in [1.82, 2.24) is 15.1 Å². The van der Waals surface area contributed by atoms with Gasteiger partial charge in [0.2, 0.25) is 0 Å². The van der Waals surface area contributed by atoms with Crippen LogP contribution in [-0.2, 0) is 4.74 Å². The zero-order valence-corrected chi connectivity index (χ0v) is 17.8. The average Bonchev–Trinajstić information content (AvgIpc) is 3.16. The van der Waals surface area contributed by atoms with Crippen molar-refractivity contribution < 1.29 is 4.74 Å². The molecule has 0 bridgehead atoms. The van der Waals surface area contributed by atoms with Crippen molar-refractivity contribution >= 4 is 29.9 Å². The maximum atomic E-state index is 5.24. The number of methoxy groups -OCH3 is 1. The number of hydrogen-bond acceptors (Lipinski definition) is 3. The Bertz CT molecular complexity index is 414. The van der Waals surface area contributed by atoms with E-state index in [2.05, 4.69) is 22.0 Å². The minimum Gasteiger partial charge on any atom is -0.383 e. The third-order valence-electron chi connectivity index (χ3n) is 6.02. The molecule has 5 nitrogen and oxygen atoms in total. The van der Waals surface area contributed by atoms with Crippen LogP contribution in [0, 0.1) is 5.41 Å². The van der Waals surface area contributed by atoms with Crippen LogP contribution in [0.3, 0.4) is 0 Å². The van der Waals surface area contributed by atoms with Crippen LogP contribution in [-0.4, -0.2) is 74.8 Å². The van der Waals surface area contributed by atoms with Crippen molar-refractivity contribution in [3.63, 3.8) is 0 Å². The monoisotopic (exact) mass is 450 g/mol. The lowest BCUT2D eigenvalue weighted by Gasteiger charge is -2.38. The van der Waals surface area contributed by atoms with Crippen molar-refractivity contribution in [1.29, 1.82) is 0 Å². The Morgan fingerprint density at radius 1 is 1.25 bits per heavy atom. The molecule has 1 saturated carbocycles. The number of hydrogen-bond donors (Lipinski definition) is 1. The highest BCUT2D eigenvalue weighted by molar-refractivity contribution is 14.0. The molecule has 0 aromatic heterocycles. The zero-order chi connectivity index (χ0) is 16.1. The summed E-state index contributed by atoms with van der Waals surface area (Å²) >= 11 is 0. The van der Waals surface area contributed by atoms with Crippen LogP contribution in [0.25, 0.3) is 0 Å². The fraction of sp³-hybridized carbons (Fsp3) is 0.944. The Balaban J connectivity index is 0.00000208. The van der Waals surface area contributed by atoms with Crippen molar-refractivity contribution in [2.45, 2.75) is 51.5 Å². The molecule has 0 aromatic rings. The van der Waals surface area contributed by atoms with Crippen molar-refractivity contribution in [3.05, 3.63) is 0 Å². The molecule has 1 N–H and O–H groups in total. The first kappa shape index (κ1) is 20.2. The number of nitrogens with one attached hydrogen (secondary N) is 1. The molecule has 2 heterocycles. The van der Waals surface area contributed by atoms with Gasteiger partial charge in [-0.2, -0.15) is 0 Å². The lowest BCUT2D eigenvalue weighted by molar-refractivity contribution is 0.142. The van der Waals surface area contributed by atoms with E-state index in [1.165, 1.54) is 58.2 Å². The molecule has 1 spiro atoms. The molecule has 2 saturated heterocycles. The van der Waals surface area contributed by atoms with E-state index in [1.807, 2.05) is 0 Å². The molecule has 1 unspecified atom stereocenters. The molecule has 24 heavy (non-hydrogen) atoms. The summed E-state index contributed by atoms with van der Waals surface area (Å²) in [6.45, 7) is 9.53. The van der Waals surface area contributed by atoms with Gasteiger partial charge < -0.3 is 15.0 Å². The second-order valence-electron chi connectivity index (χ2n) is 7.54. The Labute approximate surface area is 164 Å². The van der Waals surface area contributed by atoms with Crippen LogP contribution < -0.4 is 5.32 Å². The first-order chi connectivity index (χ1) is 11.3.